The van der Waals surface area contributed by atoms with E-state index in [0.29, 0.717) is 5.56 Å². The third-order valence-corrected chi connectivity index (χ3v) is 6.81. The van der Waals surface area contributed by atoms with Crippen LogP contribution in [0.1, 0.15) is 15.9 Å². The summed E-state index contributed by atoms with van der Waals surface area (Å²) in [5, 5.41) is 0. The highest BCUT2D eigenvalue weighted by Crippen LogP contribution is 2.49. The lowest BCUT2D eigenvalue weighted by Crippen LogP contribution is -2.48. The molecule has 162 valence electrons. The van der Waals surface area contributed by atoms with Gasteiger partial charge in [0.15, 0.2) is 5.78 Å². The molecule has 0 aliphatic carbocycles. The second kappa shape index (κ2) is 7.24. The van der Waals surface area contributed by atoms with Crippen LogP contribution < -0.4 is 9.80 Å². The van der Waals surface area contributed by atoms with Gasteiger partial charge < -0.3 is 4.90 Å². The van der Waals surface area contributed by atoms with Gasteiger partial charge in [0, 0.05) is 11.3 Å². The van der Waals surface area contributed by atoms with Crippen LogP contribution in [-0.4, -0.2) is 29.7 Å². The van der Waals surface area contributed by atoms with Gasteiger partial charge in [0.1, 0.15) is 11.9 Å². The highest BCUT2D eigenvalue weighted by Gasteiger charge is 2.64. The van der Waals surface area contributed by atoms with Gasteiger partial charge >= 0.3 is 0 Å². The molecule has 2 amide bonds. The fourth-order valence-electron chi connectivity index (χ4n) is 5.46. The molecule has 3 aromatic carbocycles. The molecule has 4 atom stereocenters. The molecule has 0 radical (unpaired) electrons. The van der Waals surface area contributed by atoms with E-state index in [1.54, 1.807) is 24.3 Å². The van der Waals surface area contributed by atoms with Gasteiger partial charge in [0.2, 0.25) is 11.8 Å². The minimum atomic E-state index is -0.866. The number of anilines is 2. The average Bonchev–Trinajstić information content (AvgIpc) is 3.32. The van der Waals surface area contributed by atoms with Crippen LogP contribution in [0, 0.1) is 17.7 Å². The zero-order valence-electron chi connectivity index (χ0n) is 17.5. The molecule has 2 fully saturated rings. The number of carbonyl (C=O) groups excluding carboxylic acids is 3. The van der Waals surface area contributed by atoms with Crippen molar-refractivity contribution >= 4 is 35.0 Å². The first kappa shape index (κ1) is 19.6. The van der Waals surface area contributed by atoms with E-state index in [9.17, 15) is 18.8 Å². The Morgan fingerprint density at radius 2 is 1.55 bits per heavy atom. The van der Waals surface area contributed by atoms with Crippen LogP contribution in [0.5, 0.6) is 0 Å². The maximum absolute atomic E-state index is 13.9. The number of para-hydroxylation sites is 1. The van der Waals surface area contributed by atoms with Crippen LogP contribution in [0.25, 0.3) is 6.08 Å². The van der Waals surface area contributed by atoms with Gasteiger partial charge in [0.05, 0.1) is 23.6 Å². The standard InChI is InChI=1S/C27H19FN2O3/c28-18-10-6-11-19(15-18)29-26(32)22-21-14-13-16-7-4-5-12-20(16)30(21)24(23(22)27(29)33)25(31)17-8-2-1-3-9-17/h1-15,21-24H. The number of ketones is 1. The number of halogens is 1. The highest BCUT2D eigenvalue weighted by atomic mass is 19.1. The molecule has 0 saturated carbocycles. The maximum Gasteiger partial charge on any atom is 0.240 e. The van der Waals surface area contributed by atoms with Crippen molar-refractivity contribution in [3.8, 4) is 0 Å². The monoisotopic (exact) mass is 438 g/mol. The van der Waals surface area contributed by atoms with Crippen LogP contribution in [0.3, 0.4) is 0 Å². The normalized spacial score (nSPS) is 25.1. The van der Waals surface area contributed by atoms with Gasteiger partial charge in [0.25, 0.3) is 0 Å². The first-order valence-electron chi connectivity index (χ1n) is 10.8. The molecule has 6 heteroatoms. The topological polar surface area (TPSA) is 57.7 Å². The molecule has 0 spiro atoms. The van der Waals surface area contributed by atoms with Gasteiger partial charge in [-0.15, -0.1) is 0 Å². The summed E-state index contributed by atoms with van der Waals surface area (Å²) >= 11 is 0. The van der Waals surface area contributed by atoms with Crippen molar-refractivity contribution in [1.29, 1.82) is 0 Å². The number of amides is 2. The summed E-state index contributed by atoms with van der Waals surface area (Å²) in [6.45, 7) is 0. The predicted molar refractivity (Wildman–Crippen MR) is 122 cm³/mol. The summed E-state index contributed by atoms with van der Waals surface area (Å²) in [5.41, 5.74) is 2.43. The molecule has 2 saturated heterocycles. The summed E-state index contributed by atoms with van der Waals surface area (Å²) in [4.78, 5) is 44.1. The second-order valence-corrected chi connectivity index (χ2v) is 8.53. The smallest absolute Gasteiger partial charge is 0.240 e. The van der Waals surface area contributed by atoms with Crippen molar-refractivity contribution in [3.05, 3.63) is 102 Å². The van der Waals surface area contributed by atoms with Gasteiger partial charge in [-0.05, 0) is 29.8 Å². The molecule has 33 heavy (non-hydrogen) atoms. The fraction of sp³-hybridized carbons (Fsp3) is 0.148. The molecule has 4 unspecified atom stereocenters. The predicted octanol–water partition coefficient (Wildman–Crippen LogP) is 4.10. The number of benzene rings is 3. The van der Waals surface area contributed by atoms with E-state index in [1.165, 1.54) is 24.3 Å². The number of carbonyl (C=O) groups is 3. The summed E-state index contributed by atoms with van der Waals surface area (Å²) in [7, 11) is 0. The van der Waals surface area contributed by atoms with E-state index >= 15 is 0 Å². The molecule has 3 aliphatic heterocycles. The number of nitrogens with zero attached hydrogens (tertiary/aromatic N) is 2. The van der Waals surface area contributed by atoms with Crippen molar-refractivity contribution < 1.29 is 18.8 Å². The van der Waals surface area contributed by atoms with Crippen LogP contribution in [0.2, 0.25) is 0 Å². The molecular formula is C27H19FN2O3. The molecular weight excluding hydrogens is 419 g/mol. The van der Waals surface area contributed by atoms with E-state index in [4.69, 9.17) is 0 Å². The fourth-order valence-corrected chi connectivity index (χ4v) is 5.46. The number of hydrogen-bond acceptors (Lipinski definition) is 4. The Labute approximate surface area is 189 Å². The Morgan fingerprint density at radius 3 is 2.33 bits per heavy atom. The van der Waals surface area contributed by atoms with Crippen LogP contribution in [-0.2, 0) is 9.59 Å². The third kappa shape index (κ3) is 2.80. The molecule has 6 rings (SSSR count). The van der Waals surface area contributed by atoms with Gasteiger partial charge in [-0.1, -0.05) is 66.7 Å². The van der Waals surface area contributed by atoms with Crippen molar-refractivity contribution in [3.63, 3.8) is 0 Å². The maximum atomic E-state index is 13.9. The number of Topliss-reactive ketones (excluding diaryl/α,β-unsaturated/α-hetero) is 1. The second-order valence-electron chi connectivity index (χ2n) is 8.53. The molecule has 3 heterocycles. The van der Waals surface area contributed by atoms with E-state index in [2.05, 4.69) is 0 Å². The molecule has 5 nitrogen and oxygen atoms in total. The zero-order valence-corrected chi connectivity index (χ0v) is 17.5. The lowest BCUT2D eigenvalue weighted by molar-refractivity contribution is -0.122. The van der Waals surface area contributed by atoms with Crippen molar-refractivity contribution in [2.75, 3.05) is 9.80 Å². The largest absolute Gasteiger partial charge is 0.352 e. The van der Waals surface area contributed by atoms with E-state index in [-0.39, 0.29) is 11.5 Å². The molecule has 3 aliphatic rings. The Balaban J connectivity index is 1.51. The number of rotatable bonds is 3. The van der Waals surface area contributed by atoms with E-state index in [1.807, 2.05) is 47.4 Å². The van der Waals surface area contributed by atoms with Crippen molar-refractivity contribution in [2.45, 2.75) is 12.1 Å². The van der Waals surface area contributed by atoms with Crippen molar-refractivity contribution in [1.82, 2.24) is 0 Å². The lowest BCUT2D eigenvalue weighted by Gasteiger charge is -2.36. The van der Waals surface area contributed by atoms with Gasteiger partial charge in [-0.25, -0.2) is 9.29 Å². The van der Waals surface area contributed by atoms with Gasteiger partial charge in [-0.2, -0.15) is 0 Å². The molecule has 0 aromatic heterocycles. The summed E-state index contributed by atoms with van der Waals surface area (Å²) < 4.78 is 13.9. The van der Waals surface area contributed by atoms with Crippen LogP contribution >= 0.6 is 0 Å². The Morgan fingerprint density at radius 1 is 0.818 bits per heavy atom. The molecule has 0 bridgehead atoms. The Kier molecular flexibility index (Phi) is 4.30. The first-order valence-corrected chi connectivity index (χ1v) is 10.8. The highest BCUT2D eigenvalue weighted by molar-refractivity contribution is 6.25. The number of imide groups is 1. The summed E-state index contributed by atoms with van der Waals surface area (Å²) in [6, 6.07) is 20.6. The Hall–Kier alpha value is -4.06. The van der Waals surface area contributed by atoms with Crippen LogP contribution in [0.4, 0.5) is 15.8 Å². The minimum Gasteiger partial charge on any atom is -0.352 e. The van der Waals surface area contributed by atoms with E-state index in [0.717, 1.165) is 16.2 Å². The quantitative estimate of drug-likeness (QED) is 0.457. The SMILES string of the molecule is O=C(c1ccccc1)C1C2C(=O)N(c3cccc(F)c3)C(=O)C2C2C=Cc3ccccc3N21. The number of hydrogen-bond donors (Lipinski definition) is 0. The molecule has 3 aromatic rings. The summed E-state index contributed by atoms with van der Waals surface area (Å²) in [6.07, 6.45) is 3.84. The van der Waals surface area contributed by atoms with Crippen molar-refractivity contribution in [2.24, 2.45) is 11.8 Å². The van der Waals surface area contributed by atoms with Crippen LogP contribution in [0.15, 0.2) is 84.9 Å². The average molecular weight is 438 g/mol. The minimum absolute atomic E-state index is 0.192. The van der Waals surface area contributed by atoms with E-state index < -0.39 is 41.6 Å². The van der Waals surface area contributed by atoms with Gasteiger partial charge in [-0.3, -0.25) is 14.4 Å². The zero-order chi connectivity index (χ0) is 22.7. The first-order chi connectivity index (χ1) is 16.1. The third-order valence-electron chi connectivity index (χ3n) is 6.81. The number of fused-ring (bicyclic) bond motifs is 5. The summed E-state index contributed by atoms with van der Waals surface area (Å²) in [5.74, 6) is -3.21. The lowest BCUT2D eigenvalue weighted by atomic mass is 9.86. The molecule has 0 N–H and O–H groups in total. The Bertz CT molecular complexity index is 1340.